The third kappa shape index (κ3) is 3.13. The molecule has 6 nitrogen and oxygen atoms in total. The van der Waals surface area contributed by atoms with Gasteiger partial charge in [0.15, 0.2) is 0 Å². The molecule has 1 fully saturated rings. The van der Waals surface area contributed by atoms with Crippen LogP contribution in [0.4, 0.5) is 18.9 Å². The average molecular weight is 340 g/mol. The largest absolute Gasteiger partial charge is 0.416 e. The van der Waals surface area contributed by atoms with Gasteiger partial charge in [-0.3, -0.25) is 4.79 Å². The maximum absolute atomic E-state index is 12.5. The Balaban J connectivity index is 1.70. The Morgan fingerprint density at radius 1 is 1.33 bits per heavy atom. The Kier molecular flexibility index (Phi) is 3.84. The summed E-state index contributed by atoms with van der Waals surface area (Å²) in [4.78, 5) is 12.1. The van der Waals surface area contributed by atoms with Crippen molar-refractivity contribution in [3.05, 3.63) is 42.2 Å². The maximum atomic E-state index is 12.5. The molecule has 9 heteroatoms. The molecule has 0 bridgehead atoms. The van der Waals surface area contributed by atoms with Gasteiger partial charge in [0.1, 0.15) is 5.54 Å². The van der Waals surface area contributed by atoms with E-state index in [-0.39, 0.29) is 12.8 Å². The van der Waals surface area contributed by atoms with Gasteiger partial charge in [-0.1, -0.05) is 0 Å². The number of nitrogens with zero attached hydrogens (tertiary/aromatic N) is 2. The summed E-state index contributed by atoms with van der Waals surface area (Å²) in [6.07, 6.45) is -1.76. The first-order chi connectivity index (χ1) is 11.2. The molecular weight excluding hydrogens is 325 g/mol. The van der Waals surface area contributed by atoms with Crippen LogP contribution in [0, 0.1) is 0 Å². The maximum Gasteiger partial charge on any atom is 0.416 e. The van der Waals surface area contributed by atoms with Crippen LogP contribution in [0.2, 0.25) is 0 Å². The van der Waals surface area contributed by atoms with Crippen LogP contribution in [0.3, 0.4) is 0 Å². The van der Waals surface area contributed by atoms with Crippen LogP contribution in [0.15, 0.2) is 36.7 Å². The molecule has 0 atom stereocenters. The van der Waals surface area contributed by atoms with Crippen molar-refractivity contribution in [1.29, 1.82) is 0 Å². The van der Waals surface area contributed by atoms with E-state index in [0.29, 0.717) is 11.4 Å². The van der Waals surface area contributed by atoms with Crippen molar-refractivity contribution in [2.75, 3.05) is 5.32 Å². The minimum absolute atomic E-state index is 0.186. The SMILES string of the molecule is NC1(C(=O)Nc2cnn(-c3ccc(C(F)(F)F)cc3)c2)CC(O)C1. The van der Waals surface area contributed by atoms with Crippen molar-refractivity contribution in [3.63, 3.8) is 0 Å². The predicted molar refractivity (Wildman–Crippen MR) is 79.4 cm³/mol. The Labute approximate surface area is 135 Å². The Morgan fingerprint density at radius 2 is 1.96 bits per heavy atom. The van der Waals surface area contributed by atoms with Crippen molar-refractivity contribution < 1.29 is 23.1 Å². The zero-order valence-electron chi connectivity index (χ0n) is 12.4. The molecule has 1 aromatic carbocycles. The molecule has 128 valence electrons. The van der Waals surface area contributed by atoms with E-state index in [1.54, 1.807) is 0 Å². The Hall–Kier alpha value is -2.39. The van der Waals surface area contributed by atoms with E-state index < -0.39 is 29.3 Å². The number of amides is 1. The number of rotatable bonds is 3. The summed E-state index contributed by atoms with van der Waals surface area (Å²) < 4.78 is 39.0. The van der Waals surface area contributed by atoms with Gasteiger partial charge >= 0.3 is 6.18 Å². The van der Waals surface area contributed by atoms with E-state index in [1.807, 2.05) is 0 Å². The Bertz CT molecular complexity index is 749. The molecule has 0 radical (unpaired) electrons. The standard InChI is InChI=1S/C15H15F3N4O2/c16-15(17,18)9-1-3-11(4-2-9)22-8-10(7-20-22)21-13(24)14(19)5-12(23)6-14/h1-4,7-8,12,23H,5-6,19H2,(H,21,24). The number of nitrogens with two attached hydrogens (primary N) is 1. The molecular formula is C15H15F3N4O2. The number of aliphatic hydroxyl groups is 1. The fourth-order valence-electron chi connectivity index (χ4n) is 2.55. The number of carbonyl (C=O) groups is 1. The molecule has 1 heterocycles. The highest BCUT2D eigenvalue weighted by atomic mass is 19.4. The summed E-state index contributed by atoms with van der Waals surface area (Å²) in [5, 5.41) is 15.9. The van der Waals surface area contributed by atoms with Crippen LogP contribution in [0.1, 0.15) is 18.4 Å². The predicted octanol–water partition coefficient (Wildman–Crippen LogP) is 1.68. The lowest BCUT2D eigenvalue weighted by Gasteiger charge is -2.40. The number of nitrogens with one attached hydrogen (secondary N) is 1. The molecule has 1 aliphatic carbocycles. The number of anilines is 1. The number of aliphatic hydroxyl groups excluding tert-OH is 1. The van der Waals surface area contributed by atoms with Crippen LogP contribution in [0.5, 0.6) is 0 Å². The monoisotopic (exact) mass is 340 g/mol. The average Bonchev–Trinajstić information content (AvgIpc) is 2.93. The fourth-order valence-corrected chi connectivity index (χ4v) is 2.55. The molecule has 24 heavy (non-hydrogen) atoms. The van der Waals surface area contributed by atoms with Gasteiger partial charge in [0.05, 0.1) is 35.4 Å². The summed E-state index contributed by atoms with van der Waals surface area (Å²) in [5.41, 5.74) is 4.79. The van der Waals surface area contributed by atoms with Gasteiger partial charge in [-0.2, -0.15) is 18.3 Å². The smallest absolute Gasteiger partial charge is 0.393 e. The number of benzene rings is 1. The van der Waals surface area contributed by atoms with Crippen LogP contribution in [-0.4, -0.2) is 32.4 Å². The van der Waals surface area contributed by atoms with Crippen LogP contribution < -0.4 is 11.1 Å². The molecule has 0 spiro atoms. The van der Waals surface area contributed by atoms with Crippen molar-refractivity contribution in [2.45, 2.75) is 30.7 Å². The minimum Gasteiger partial charge on any atom is -0.393 e. The lowest BCUT2D eigenvalue weighted by molar-refractivity contribution is -0.137. The number of halogens is 3. The van der Waals surface area contributed by atoms with Gasteiger partial charge < -0.3 is 16.2 Å². The van der Waals surface area contributed by atoms with Crippen molar-refractivity contribution in [2.24, 2.45) is 5.73 Å². The third-order valence-corrected chi connectivity index (χ3v) is 3.95. The second kappa shape index (κ2) is 5.60. The summed E-state index contributed by atoms with van der Waals surface area (Å²) in [6.45, 7) is 0. The summed E-state index contributed by atoms with van der Waals surface area (Å²) in [7, 11) is 0. The highest BCUT2D eigenvalue weighted by Gasteiger charge is 2.46. The van der Waals surface area contributed by atoms with Crippen LogP contribution in [-0.2, 0) is 11.0 Å². The lowest BCUT2D eigenvalue weighted by Crippen LogP contribution is -2.62. The van der Waals surface area contributed by atoms with E-state index in [4.69, 9.17) is 5.73 Å². The molecule has 1 aliphatic rings. The van der Waals surface area contributed by atoms with Crippen molar-refractivity contribution >= 4 is 11.6 Å². The van der Waals surface area contributed by atoms with Crippen molar-refractivity contribution in [1.82, 2.24) is 9.78 Å². The molecule has 0 unspecified atom stereocenters. The van der Waals surface area contributed by atoms with Crippen LogP contribution >= 0.6 is 0 Å². The highest BCUT2D eigenvalue weighted by molar-refractivity contribution is 5.98. The van der Waals surface area contributed by atoms with Gasteiger partial charge in [0.2, 0.25) is 5.91 Å². The van der Waals surface area contributed by atoms with Gasteiger partial charge in [-0.25, -0.2) is 4.68 Å². The van der Waals surface area contributed by atoms with Crippen molar-refractivity contribution in [3.8, 4) is 5.69 Å². The number of hydrogen-bond donors (Lipinski definition) is 3. The van der Waals surface area contributed by atoms with Crippen LogP contribution in [0.25, 0.3) is 5.69 Å². The molecule has 1 saturated carbocycles. The van der Waals surface area contributed by atoms with E-state index in [9.17, 15) is 23.1 Å². The molecule has 2 aromatic rings. The quantitative estimate of drug-likeness (QED) is 0.793. The summed E-state index contributed by atoms with van der Waals surface area (Å²) in [6, 6.07) is 4.49. The zero-order valence-corrected chi connectivity index (χ0v) is 12.4. The highest BCUT2D eigenvalue weighted by Crippen LogP contribution is 2.31. The summed E-state index contributed by atoms with van der Waals surface area (Å²) >= 11 is 0. The van der Waals surface area contributed by atoms with Gasteiger partial charge in [0, 0.05) is 12.8 Å². The van der Waals surface area contributed by atoms with Gasteiger partial charge in [-0.05, 0) is 24.3 Å². The number of aromatic nitrogens is 2. The second-order valence-electron chi connectivity index (χ2n) is 5.89. The van der Waals surface area contributed by atoms with E-state index in [2.05, 4.69) is 10.4 Å². The number of alkyl halides is 3. The molecule has 1 aromatic heterocycles. The molecule has 0 saturated heterocycles. The Morgan fingerprint density at radius 3 is 2.50 bits per heavy atom. The number of hydrogen-bond acceptors (Lipinski definition) is 4. The van der Waals surface area contributed by atoms with Gasteiger partial charge in [0.25, 0.3) is 0 Å². The number of carbonyl (C=O) groups excluding carboxylic acids is 1. The molecule has 1 amide bonds. The minimum atomic E-state index is -4.40. The summed E-state index contributed by atoms with van der Waals surface area (Å²) in [5.74, 6) is -0.431. The molecule has 4 N–H and O–H groups in total. The van der Waals surface area contributed by atoms with E-state index in [0.717, 1.165) is 12.1 Å². The zero-order chi connectivity index (χ0) is 17.5. The van der Waals surface area contributed by atoms with E-state index >= 15 is 0 Å². The first-order valence-corrected chi connectivity index (χ1v) is 7.18. The second-order valence-corrected chi connectivity index (χ2v) is 5.89. The van der Waals surface area contributed by atoms with E-state index in [1.165, 1.54) is 29.2 Å². The normalized spacial score (nSPS) is 23.6. The molecule has 3 rings (SSSR count). The van der Waals surface area contributed by atoms with Gasteiger partial charge in [-0.15, -0.1) is 0 Å². The fraction of sp³-hybridized carbons (Fsp3) is 0.333. The molecule has 0 aliphatic heterocycles. The third-order valence-electron chi connectivity index (χ3n) is 3.95. The first-order valence-electron chi connectivity index (χ1n) is 7.18. The lowest BCUT2D eigenvalue weighted by atomic mass is 9.74. The first kappa shape index (κ1) is 16.5. The topological polar surface area (TPSA) is 93.2 Å².